The fourth-order valence-electron chi connectivity index (χ4n) is 2.67. The molecule has 1 aliphatic carbocycles. The van der Waals surface area contributed by atoms with E-state index < -0.39 is 0 Å². The number of fused-ring (bicyclic) bond motifs is 1. The zero-order chi connectivity index (χ0) is 18.1. The van der Waals surface area contributed by atoms with E-state index in [1.165, 1.54) is 13.3 Å². The summed E-state index contributed by atoms with van der Waals surface area (Å²) in [5, 5.41) is 3.17. The van der Waals surface area contributed by atoms with Gasteiger partial charge in [-0.05, 0) is 43.5 Å². The summed E-state index contributed by atoms with van der Waals surface area (Å²) in [4.78, 5) is 29.2. The summed E-state index contributed by atoms with van der Waals surface area (Å²) in [6.07, 6.45) is 5.09. The molecule has 0 atom stereocenters. The second-order valence-electron chi connectivity index (χ2n) is 6.37. The highest BCUT2D eigenvalue weighted by atomic mass is 16.5. The van der Waals surface area contributed by atoms with Crippen molar-refractivity contribution in [1.29, 1.82) is 0 Å². The minimum Gasteiger partial charge on any atom is -0.473 e. The van der Waals surface area contributed by atoms with E-state index >= 15 is 0 Å². The van der Waals surface area contributed by atoms with Crippen molar-refractivity contribution >= 4 is 34.4 Å². The van der Waals surface area contributed by atoms with Gasteiger partial charge in [0.25, 0.3) is 0 Å². The molecule has 8 nitrogen and oxygen atoms in total. The standard InChI is InChI=1S/C18H20N6O2/c1-11(25)24(2)13-8-6-12(7-9-13)21-18-22-16-15(19-10-20-16)17(23-18)26-14-4-3-5-14/h6-10,14H,3-5H2,1-2H3,(H2,19,20,21,22,23). The summed E-state index contributed by atoms with van der Waals surface area (Å²) in [7, 11) is 1.74. The lowest BCUT2D eigenvalue weighted by Crippen LogP contribution is -2.25. The van der Waals surface area contributed by atoms with Crippen molar-refractivity contribution in [3.8, 4) is 5.88 Å². The molecule has 1 saturated carbocycles. The third kappa shape index (κ3) is 3.17. The number of nitrogens with zero attached hydrogens (tertiary/aromatic N) is 4. The van der Waals surface area contributed by atoms with Gasteiger partial charge in [0.1, 0.15) is 11.6 Å². The lowest BCUT2D eigenvalue weighted by atomic mass is 9.96. The van der Waals surface area contributed by atoms with Crippen LogP contribution in [-0.2, 0) is 4.79 Å². The average molecular weight is 352 g/mol. The number of ether oxygens (including phenoxy) is 1. The Balaban J connectivity index is 1.57. The molecule has 1 amide bonds. The monoisotopic (exact) mass is 352 g/mol. The molecule has 2 aromatic heterocycles. The van der Waals surface area contributed by atoms with Crippen LogP contribution in [0.1, 0.15) is 26.2 Å². The number of hydrogen-bond donors (Lipinski definition) is 2. The molecular formula is C18H20N6O2. The van der Waals surface area contributed by atoms with E-state index in [9.17, 15) is 4.79 Å². The van der Waals surface area contributed by atoms with Crippen LogP contribution in [-0.4, -0.2) is 39.0 Å². The molecule has 0 radical (unpaired) electrons. The van der Waals surface area contributed by atoms with Crippen molar-refractivity contribution in [3.05, 3.63) is 30.6 Å². The molecule has 26 heavy (non-hydrogen) atoms. The molecule has 4 rings (SSSR count). The Hall–Kier alpha value is -3.16. The number of hydrogen-bond acceptors (Lipinski definition) is 6. The SMILES string of the molecule is CC(=O)N(C)c1ccc(Nc2nc(OC3CCC3)c3[nH]cnc3n2)cc1. The van der Waals surface area contributed by atoms with E-state index in [1.54, 1.807) is 18.3 Å². The highest BCUT2D eigenvalue weighted by Crippen LogP contribution is 2.29. The van der Waals surface area contributed by atoms with Gasteiger partial charge in [-0.1, -0.05) is 0 Å². The molecule has 0 spiro atoms. The van der Waals surface area contributed by atoms with Crippen molar-refractivity contribution in [2.75, 3.05) is 17.3 Å². The van der Waals surface area contributed by atoms with Crippen LogP contribution in [0.3, 0.4) is 0 Å². The van der Waals surface area contributed by atoms with Crippen LogP contribution in [0.4, 0.5) is 17.3 Å². The average Bonchev–Trinajstić information content (AvgIpc) is 3.06. The maximum Gasteiger partial charge on any atom is 0.245 e. The second-order valence-corrected chi connectivity index (χ2v) is 6.37. The minimum absolute atomic E-state index is 0.0178. The molecule has 3 aromatic rings. The molecule has 2 heterocycles. The number of amides is 1. The number of H-pyrrole nitrogens is 1. The van der Waals surface area contributed by atoms with Crippen LogP contribution in [0.5, 0.6) is 5.88 Å². The Morgan fingerprint density at radius 3 is 2.69 bits per heavy atom. The zero-order valence-corrected chi connectivity index (χ0v) is 14.7. The fraction of sp³-hybridized carbons (Fsp3) is 0.333. The van der Waals surface area contributed by atoms with E-state index in [1.807, 2.05) is 24.3 Å². The van der Waals surface area contributed by atoms with Gasteiger partial charge in [-0.2, -0.15) is 9.97 Å². The first-order valence-corrected chi connectivity index (χ1v) is 8.59. The largest absolute Gasteiger partial charge is 0.473 e. The van der Waals surface area contributed by atoms with Crippen LogP contribution in [0.25, 0.3) is 11.2 Å². The van der Waals surface area contributed by atoms with E-state index in [4.69, 9.17) is 4.74 Å². The smallest absolute Gasteiger partial charge is 0.245 e. The van der Waals surface area contributed by atoms with Gasteiger partial charge in [-0.15, -0.1) is 0 Å². The highest BCUT2D eigenvalue weighted by molar-refractivity contribution is 5.91. The predicted octanol–water partition coefficient (Wildman–Crippen LogP) is 3.01. The van der Waals surface area contributed by atoms with Crippen LogP contribution < -0.4 is 15.0 Å². The van der Waals surface area contributed by atoms with E-state index in [0.29, 0.717) is 23.0 Å². The Kier molecular flexibility index (Phi) is 4.16. The molecule has 2 N–H and O–H groups in total. The number of aromatic nitrogens is 4. The molecule has 8 heteroatoms. The van der Waals surface area contributed by atoms with Gasteiger partial charge in [-0.3, -0.25) is 4.79 Å². The number of carbonyl (C=O) groups is 1. The van der Waals surface area contributed by atoms with Gasteiger partial charge in [0.2, 0.25) is 17.7 Å². The first-order valence-electron chi connectivity index (χ1n) is 8.59. The van der Waals surface area contributed by atoms with Crippen LogP contribution >= 0.6 is 0 Å². The van der Waals surface area contributed by atoms with Crippen molar-refractivity contribution in [1.82, 2.24) is 19.9 Å². The quantitative estimate of drug-likeness (QED) is 0.733. The summed E-state index contributed by atoms with van der Waals surface area (Å²) in [5.41, 5.74) is 2.90. The Labute approximate surface area is 150 Å². The molecule has 0 saturated heterocycles. The topological polar surface area (TPSA) is 96.0 Å². The third-order valence-corrected chi connectivity index (χ3v) is 4.57. The lowest BCUT2D eigenvalue weighted by Gasteiger charge is -2.25. The normalized spacial score (nSPS) is 14.1. The Bertz CT molecular complexity index is 933. The molecule has 1 fully saturated rings. The summed E-state index contributed by atoms with van der Waals surface area (Å²) in [5.74, 6) is 0.926. The number of nitrogens with one attached hydrogen (secondary N) is 2. The summed E-state index contributed by atoms with van der Waals surface area (Å²) in [6.45, 7) is 1.53. The maximum absolute atomic E-state index is 11.4. The van der Waals surface area contributed by atoms with Gasteiger partial charge >= 0.3 is 0 Å². The fourth-order valence-corrected chi connectivity index (χ4v) is 2.67. The Morgan fingerprint density at radius 1 is 1.27 bits per heavy atom. The zero-order valence-electron chi connectivity index (χ0n) is 14.7. The van der Waals surface area contributed by atoms with Gasteiger partial charge in [0.15, 0.2) is 5.65 Å². The summed E-state index contributed by atoms with van der Waals surface area (Å²) in [6, 6.07) is 7.48. The number of benzene rings is 1. The molecule has 1 aliphatic rings. The minimum atomic E-state index is -0.0178. The second kappa shape index (κ2) is 6.62. The third-order valence-electron chi connectivity index (χ3n) is 4.57. The molecular weight excluding hydrogens is 332 g/mol. The number of rotatable bonds is 5. The molecule has 134 valence electrons. The maximum atomic E-state index is 11.4. The summed E-state index contributed by atoms with van der Waals surface area (Å²) >= 11 is 0. The van der Waals surface area contributed by atoms with Gasteiger partial charge < -0.3 is 19.9 Å². The molecule has 0 unspecified atom stereocenters. The van der Waals surface area contributed by atoms with E-state index in [-0.39, 0.29) is 12.0 Å². The van der Waals surface area contributed by atoms with E-state index in [0.717, 1.165) is 24.2 Å². The molecule has 1 aromatic carbocycles. The van der Waals surface area contributed by atoms with Crippen LogP contribution in [0.15, 0.2) is 30.6 Å². The Morgan fingerprint density at radius 2 is 2.04 bits per heavy atom. The first kappa shape index (κ1) is 16.3. The predicted molar refractivity (Wildman–Crippen MR) is 98.8 cm³/mol. The van der Waals surface area contributed by atoms with Gasteiger partial charge in [-0.25, -0.2) is 4.98 Å². The first-order chi connectivity index (χ1) is 12.6. The van der Waals surface area contributed by atoms with Crippen LogP contribution in [0, 0.1) is 0 Å². The number of aromatic amines is 1. The van der Waals surface area contributed by atoms with Crippen molar-refractivity contribution in [2.24, 2.45) is 0 Å². The van der Waals surface area contributed by atoms with Gasteiger partial charge in [0, 0.05) is 25.3 Å². The van der Waals surface area contributed by atoms with Gasteiger partial charge in [0.05, 0.1) is 6.33 Å². The number of anilines is 3. The summed E-state index contributed by atoms with van der Waals surface area (Å²) < 4.78 is 5.97. The van der Waals surface area contributed by atoms with Crippen molar-refractivity contribution in [3.63, 3.8) is 0 Å². The van der Waals surface area contributed by atoms with E-state index in [2.05, 4.69) is 25.3 Å². The van der Waals surface area contributed by atoms with Crippen LogP contribution in [0.2, 0.25) is 0 Å². The van der Waals surface area contributed by atoms with Crippen molar-refractivity contribution < 1.29 is 9.53 Å². The molecule has 0 aliphatic heterocycles. The molecule has 0 bridgehead atoms. The number of carbonyl (C=O) groups excluding carboxylic acids is 1. The van der Waals surface area contributed by atoms with Crippen molar-refractivity contribution in [2.45, 2.75) is 32.3 Å². The lowest BCUT2D eigenvalue weighted by molar-refractivity contribution is -0.116. The highest BCUT2D eigenvalue weighted by Gasteiger charge is 2.22. The number of imidazole rings is 1.